The van der Waals surface area contributed by atoms with Gasteiger partial charge in [-0.05, 0) is 13.8 Å². The number of nitrogens with zero attached hydrogens (tertiary/aromatic N) is 3. The van der Waals surface area contributed by atoms with Crippen LogP contribution in [0.4, 0.5) is 0 Å². The van der Waals surface area contributed by atoms with Crippen LogP contribution in [-0.2, 0) is 13.6 Å². The molecule has 0 rings (SSSR count). The molecule has 92 valence electrons. The number of hydrogen-bond donors (Lipinski definition) is 1. The molecule has 0 aromatic carbocycles. The highest BCUT2D eigenvalue weighted by molar-refractivity contribution is 7.53. The lowest BCUT2D eigenvalue weighted by Crippen LogP contribution is -2.21. The summed E-state index contributed by atoms with van der Waals surface area (Å²) in [6.07, 6.45) is -2.07. The van der Waals surface area contributed by atoms with E-state index in [1.165, 1.54) is 13.8 Å². The van der Waals surface area contributed by atoms with Crippen molar-refractivity contribution in [3.63, 3.8) is 0 Å². The van der Waals surface area contributed by atoms with Gasteiger partial charge in [0.05, 0.1) is 31.0 Å². The van der Waals surface area contributed by atoms with Gasteiger partial charge in [0.2, 0.25) is 0 Å². The van der Waals surface area contributed by atoms with E-state index in [0.29, 0.717) is 0 Å². The van der Waals surface area contributed by atoms with Crippen LogP contribution in [0.25, 0.3) is 0 Å². The van der Waals surface area contributed by atoms with Crippen LogP contribution in [0.2, 0.25) is 0 Å². The van der Waals surface area contributed by atoms with E-state index in [9.17, 15) is 4.57 Å². The molecule has 0 aliphatic carbocycles. The highest BCUT2D eigenvalue weighted by atomic mass is 31.2. The Morgan fingerprint density at radius 3 is 2.00 bits per heavy atom. The minimum Gasteiger partial charge on any atom is -0.294 e. The van der Waals surface area contributed by atoms with Crippen molar-refractivity contribution in [1.29, 1.82) is 15.8 Å². The first-order valence-corrected chi connectivity index (χ1v) is 6.53. The monoisotopic (exact) mass is 256 g/mol. The van der Waals surface area contributed by atoms with Gasteiger partial charge in [-0.15, -0.1) is 0 Å². The molecular formula is C9H13N4O3P. The molecule has 0 heterocycles. The lowest BCUT2D eigenvalue weighted by Gasteiger charge is -2.20. The van der Waals surface area contributed by atoms with Gasteiger partial charge < -0.3 is 0 Å². The van der Waals surface area contributed by atoms with Gasteiger partial charge in [0.1, 0.15) is 0 Å². The zero-order chi connectivity index (χ0) is 13.3. The van der Waals surface area contributed by atoms with Crippen LogP contribution in [0.5, 0.6) is 0 Å². The number of nitrogens with one attached hydrogen (secondary N) is 1. The smallest absolute Gasteiger partial charge is 0.294 e. The quantitative estimate of drug-likeness (QED) is 0.411. The maximum absolute atomic E-state index is 12.1. The van der Waals surface area contributed by atoms with Crippen molar-refractivity contribution in [2.24, 2.45) is 0 Å². The molecule has 0 aromatic heterocycles. The fourth-order valence-electron chi connectivity index (χ4n) is 0.877. The second-order valence-electron chi connectivity index (χ2n) is 3.11. The number of rotatable bonds is 7. The molecule has 2 unspecified atom stereocenters. The molecule has 0 aliphatic rings. The van der Waals surface area contributed by atoms with E-state index < -0.39 is 19.8 Å². The summed E-state index contributed by atoms with van der Waals surface area (Å²) in [4.78, 5) is 0. The van der Waals surface area contributed by atoms with Gasteiger partial charge in [0, 0.05) is 0 Å². The Morgan fingerprint density at radius 2 is 1.65 bits per heavy atom. The van der Waals surface area contributed by atoms with E-state index in [4.69, 9.17) is 24.8 Å². The van der Waals surface area contributed by atoms with Crippen molar-refractivity contribution in [2.75, 3.05) is 12.8 Å². The third-order valence-corrected chi connectivity index (χ3v) is 3.40. The summed E-state index contributed by atoms with van der Waals surface area (Å²) >= 11 is 0. The lowest BCUT2D eigenvalue weighted by atomic mass is 10.5. The minimum absolute atomic E-state index is 0.0292. The van der Waals surface area contributed by atoms with Crippen LogP contribution in [0.3, 0.4) is 0 Å². The SMILES string of the molecule is CC(C#N)OP(=O)(CNCC#N)OC(C)C#N. The molecule has 1 N–H and O–H groups in total. The zero-order valence-electron chi connectivity index (χ0n) is 9.58. The van der Waals surface area contributed by atoms with Crippen molar-refractivity contribution in [2.45, 2.75) is 26.1 Å². The first kappa shape index (κ1) is 15.6. The lowest BCUT2D eigenvalue weighted by molar-refractivity contribution is 0.168. The predicted octanol–water partition coefficient (Wildman–Crippen LogP) is 1.11. The summed E-state index contributed by atoms with van der Waals surface area (Å²) in [5.74, 6) is 0. The minimum atomic E-state index is -3.60. The van der Waals surface area contributed by atoms with Crippen molar-refractivity contribution in [3.8, 4) is 18.2 Å². The first-order chi connectivity index (χ1) is 7.97. The van der Waals surface area contributed by atoms with Crippen LogP contribution in [-0.4, -0.2) is 25.0 Å². The summed E-state index contributed by atoms with van der Waals surface area (Å²) < 4.78 is 22.0. The molecule has 0 saturated heterocycles. The molecule has 0 fully saturated rings. The molecule has 0 aromatic rings. The summed E-state index contributed by atoms with van der Waals surface area (Å²) in [5, 5.41) is 28.0. The normalized spacial score (nSPS) is 16.9. The molecule has 0 aliphatic heterocycles. The first-order valence-electron chi connectivity index (χ1n) is 4.80. The van der Waals surface area contributed by atoms with E-state index in [2.05, 4.69) is 5.32 Å². The van der Waals surface area contributed by atoms with Gasteiger partial charge in [0.15, 0.2) is 12.2 Å². The molecule has 2 atom stereocenters. The molecule has 7 nitrogen and oxygen atoms in total. The second-order valence-corrected chi connectivity index (χ2v) is 5.07. The van der Waals surface area contributed by atoms with Crippen molar-refractivity contribution in [3.05, 3.63) is 0 Å². The Labute approximate surface area is 100 Å². The molecule has 8 heteroatoms. The predicted molar refractivity (Wildman–Crippen MR) is 58.4 cm³/mol. The van der Waals surface area contributed by atoms with E-state index in [-0.39, 0.29) is 12.8 Å². The van der Waals surface area contributed by atoms with Crippen molar-refractivity contribution in [1.82, 2.24) is 5.32 Å². The molecule has 17 heavy (non-hydrogen) atoms. The van der Waals surface area contributed by atoms with E-state index in [1.807, 2.05) is 0 Å². The summed E-state index contributed by atoms with van der Waals surface area (Å²) in [6.45, 7) is 2.80. The Kier molecular flexibility index (Phi) is 7.14. The molecule has 0 saturated carbocycles. The molecule has 0 amide bonds. The molecule has 0 bridgehead atoms. The van der Waals surface area contributed by atoms with E-state index in [1.54, 1.807) is 18.2 Å². The topological polar surface area (TPSA) is 119 Å². The van der Waals surface area contributed by atoms with Gasteiger partial charge >= 0.3 is 7.60 Å². The summed E-state index contributed by atoms with van der Waals surface area (Å²) in [6, 6.07) is 5.31. The largest absolute Gasteiger partial charge is 0.346 e. The Hall–Kier alpha value is -1.42. The maximum atomic E-state index is 12.1. The molecule has 0 spiro atoms. The van der Waals surface area contributed by atoms with Crippen LogP contribution >= 0.6 is 7.60 Å². The van der Waals surface area contributed by atoms with Gasteiger partial charge in [-0.1, -0.05) is 0 Å². The Morgan fingerprint density at radius 1 is 1.18 bits per heavy atom. The van der Waals surface area contributed by atoms with Crippen LogP contribution in [0, 0.1) is 34.0 Å². The second kappa shape index (κ2) is 7.79. The molecule has 0 radical (unpaired) electrons. The summed E-state index contributed by atoms with van der Waals surface area (Å²) in [5.41, 5.74) is 0. The average Bonchev–Trinajstić information content (AvgIpc) is 2.28. The highest BCUT2D eigenvalue weighted by Gasteiger charge is 2.29. The van der Waals surface area contributed by atoms with Gasteiger partial charge in [-0.25, -0.2) is 0 Å². The van der Waals surface area contributed by atoms with Gasteiger partial charge in [-0.2, -0.15) is 15.8 Å². The van der Waals surface area contributed by atoms with Crippen molar-refractivity contribution < 1.29 is 13.6 Å². The maximum Gasteiger partial charge on any atom is 0.346 e. The fourth-order valence-corrected chi connectivity index (χ4v) is 2.52. The highest BCUT2D eigenvalue weighted by Crippen LogP contribution is 2.49. The van der Waals surface area contributed by atoms with Crippen LogP contribution in [0.15, 0.2) is 0 Å². The van der Waals surface area contributed by atoms with Crippen LogP contribution in [0.1, 0.15) is 13.8 Å². The fraction of sp³-hybridized carbons (Fsp3) is 0.667. The van der Waals surface area contributed by atoms with Crippen LogP contribution < -0.4 is 5.32 Å². The van der Waals surface area contributed by atoms with E-state index in [0.717, 1.165) is 0 Å². The third kappa shape index (κ3) is 6.68. The Bertz CT molecular complexity index is 380. The van der Waals surface area contributed by atoms with Gasteiger partial charge in [0.25, 0.3) is 0 Å². The molecular weight excluding hydrogens is 243 g/mol. The Balaban J connectivity index is 4.60. The van der Waals surface area contributed by atoms with Gasteiger partial charge in [-0.3, -0.25) is 18.9 Å². The zero-order valence-corrected chi connectivity index (χ0v) is 10.5. The average molecular weight is 256 g/mol. The standard InChI is InChI=1S/C9H13N4O3P/c1-8(5-11)15-17(14,7-13-4-3-10)16-9(2)6-12/h8-9,13H,4,7H2,1-2H3. The number of hydrogen-bond acceptors (Lipinski definition) is 7. The summed E-state index contributed by atoms with van der Waals surface area (Å²) in [7, 11) is -3.60. The van der Waals surface area contributed by atoms with E-state index >= 15 is 0 Å². The third-order valence-electron chi connectivity index (χ3n) is 1.51. The van der Waals surface area contributed by atoms with Crippen molar-refractivity contribution >= 4 is 7.60 Å². The number of nitriles is 3.